The summed E-state index contributed by atoms with van der Waals surface area (Å²) in [6.45, 7) is 1.78. The molecule has 1 aliphatic rings. The molecule has 1 aromatic carbocycles. The minimum atomic E-state index is -0.563. The highest BCUT2D eigenvalue weighted by atomic mass is 35.5. The second-order valence-electron chi connectivity index (χ2n) is 4.43. The number of amides is 1. The fraction of sp³-hybridized carbons (Fsp3) is 0.462. The summed E-state index contributed by atoms with van der Waals surface area (Å²) in [5, 5.41) is 5.81. The van der Waals surface area contributed by atoms with Crippen LogP contribution in [0, 0.1) is 17.6 Å². The Morgan fingerprint density at radius 1 is 1.37 bits per heavy atom. The Labute approximate surface area is 117 Å². The Kier molecular flexibility index (Phi) is 6.18. The average molecular weight is 291 g/mol. The van der Waals surface area contributed by atoms with Gasteiger partial charge in [0.1, 0.15) is 11.6 Å². The summed E-state index contributed by atoms with van der Waals surface area (Å²) >= 11 is 0. The molecule has 0 radical (unpaired) electrons. The first kappa shape index (κ1) is 15.9. The average Bonchev–Trinajstić information content (AvgIpc) is 2.86. The van der Waals surface area contributed by atoms with Gasteiger partial charge in [0.25, 0.3) is 0 Å². The van der Waals surface area contributed by atoms with Crippen LogP contribution in [-0.2, 0) is 11.2 Å². The van der Waals surface area contributed by atoms with Crippen LogP contribution < -0.4 is 10.6 Å². The zero-order valence-electron chi connectivity index (χ0n) is 10.4. The van der Waals surface area contributed by atoms with Gasteiger partial charge < -0.3 is 10.6 Å². The van der Waals surface area contributed by atoms with Crippen molar-refractivity contribution in [2.24, 2.45) is 5.92 Å². The molecular formula is C13H17ClF2N2O. The van der Waals surface area contributed by atoms with E-state index in [9.17, 15) is 13.6 Å². The lowest BCUT2D eigenvalue weighted by Crippen LogP contribution is -2.33. The number of hydrogen-bond acceptors (Lipinski definition) is 2. The van der Waals surface area contributed by atoms with Crippen molar-refractivity contribution in [2.45, 2.75) is 12.8 Å². The monoisotopic (exact) mass is 290 g/mol. The first-order valence-corrected chi connectivity index (χ1v) is 6.10. The Balaban J connectivity index is 0.00000180. The molecule has 6 heteroatoms. The van der Waals surface area contributed by atoms with Crippen LogP contribution in [-0.4, -0.2) is 25.5 Å². The fourth-order valence-electron chi connectivity index (χ4n) is 2.10. The van der Waals surface area contributed by atoms with Crippen molar-refractivity contribution in [3.8, 4) is 0 Å². The van der Waals surface area contributed by atoms with Gasteiger partial charge in [-0.25, -0.2) is 8.78 Å². The number of carbonyl (C=O) groups is 1. The van der Waals surface area contributed by atoms with E-state index in [4.69, 9.17) is 0 Å². The molecule has 1 unspecified atom stereocenters. The molecule has 1 saturated heterocycles. The zero-order valence-corrected chi connectivity index (χ0v) is 11.2. The van der Waals surface area contributed by atoms with Gasteiger partial charge in [-0.15, -0.1) is 12.4 Å². The lowest BCUT2D eigenvalue weighted by Gasteiger charge is -2.10. The van der Waals surface area contributed by atoms with E-state index in [1.165, 1.54) is 18.2 Å². The van der Waals surface area contributed by atoms with Crippen LogP contribution in [0.1, 0.15) is 12.0 Å². The molecule has 1 aromatic rings. The van der Waals surface area contributed by atoms with E-state index in [2.05, 4.69) is 10.6 Å². The topological polar surface area (TPSA) is 41.1 Å². The molecular weight excluding hydrogens is 274 g/mol. The normalized spacial score (nSPS) is 17.9. The number of benzene rings is 1. The zero-order chi connectivity index (χ0) is 13.0. The molecule has 0 aliphatic carbocycles. The third-order valence-electron chi connectivity index (χ3n) is 3.17. The minimum Gasteiger partial charge on any atom is -0.355 e. The van der Waals surface area contributed by atoms with Crippen molar-refractivity contribution in [1.29, 1.82) is 0 Å². The summed E-state index contributed by atoms with van der Waals surface area (Å²) in [6, 6.07) is 3.78. The van der Waals surface area contributed by atoms with Gasteiger partial charge >= 0.3 is 0 Å². The summed E-state index contributed by atoms with van der Waals surface area (Å²) < 4.78 is 26.6. The minimum absolute atomic E-state index is 0. The van der Waals surface area contributed by atoms with E-state index >= 15 is 0 Å². The van der Waals surface area contributed by atoms with Crippen molar-refractivity contribution < 1.29 is 13.6 Å². The molecule has 1 heterocycles. The van der Waals surface area contributed by atoms with E-state index < -0.39 is 11.6 Å². The fourth-order valence-corrected chi connectivity index (χ4v) is 2.10. The van der Waals surface area contributed by atoms with Gasteiger partial charge in [0.15, 0.2) is 0 Å². The van der Waals surface area contributed by atoms with E-state index in [-0.39, 0.29) is 42.8 Å². The Hall–Kier alpha value is -1.20. The van der Waals surface area contributed by atoms with Crippen molar-refractivity contribution in [2.75, 3.05) is 19.6 Å². The Bertz CT molecular complexity index is 416. The Morgan fingerprint density at radius 3 is 2.63 bits per heavy atom. The van der Waals surface area contributed by atoms with Crippen LogP contribution in [0.5, 0.6) is 0 Å². The SMILES string of the molecule is Cl.O=C(NCCc1c(F)cccc1F)C1CCNC1. The smallest absolute Gasteiger partial charge is 0.224 e. The molecule has 1 atom stereocenters. The standard InChI is InChI=1S/C13H16F2N2O.ClH/c14-11-2-1-3-12(15)10(11)5-7-17-13(18)9-4-6-16-8-9;/h1-3,9,16H,4-8H2,(H,17,18);1H. The molecule has 1 aliphatic heterocycles. The second kappa shape index (κ2) is 7.40. The predicted molar refractivity (Wildman–Crippen MR) is 71.3 cm³/mol. The van der Waals surface area contributed by atoms with Gasteiger partial charge in [-0.2, -0.15) is 0 Å². The maximum absolute atomic E-state index is 13.3. The van der Waals surface area contributed by atoms with Gasteiger partial charge in [0.2, 0.25) is 5.91 Å². The number of carbonyl (C=O) groups excluding carboxylic acids is 1. The Morgan fingerprint density at radius 2 is 2.05 bits per heavy atom. The summed E-state index contributed by atoms with van der Waals surface area (Å²) in [5.41, 5.74) is 0.0300. The molecule has 0 bridgehead atoms. The van der Waals surface area contributed by atoms with E-state index in [1.54, 1.807) is 0 Å². The molecule has 106 valence electrons. The molecule has 19 heavy (non-hydrogen) atoms. The highest BCUT2D eigenvalue weighted by molar-refractivity contribution is 5.85. The molecule has 1 amide bonds. The van der Waals surface area contributed by atoms with Crippen LogP contribution in [0.25, 0.3) is 0 Å². The first-order valence-electron chi connectivity index (χ1n) is 6.10. The van der Waals surface area contributed by atoms with E-state index in [0.29, 0.717) is 6.54 Å². The van der Waals surface area contributed by atoms with Crippen molar-refractivity contribution in [3.63, 3.8) is 0 Å². The molecule has 1 fully saturated rings. The summed E-state index contributed by atoms with van der Waals surface area (Å²) in [7, 11) is 0. The number of halogens is 3. The van der Waals surface area contributed by atoms with Crippen LogP contribution in [0.2, 0.25) is 0 Å². The third-order valence-corrected chi connectivity index (χ3v) is 3.17. The number of hydrogen-bond donors (Lipinski definition) is 2. The highest BCUT2D eigenvalue weighted by Crippen LogP contribution is 2.12. The maximum atomic E-state index is 13.3. The van der Waals surface area contributed by atoms with Crippen molar-refractivity contribution in [3.05, 3.63) is 35.4 Å². The van der Waals surface area contributed by atoms with Gasteiger partial charge in [0, 0.05) is 18.7 Å². The number of nitrogens with one attached hydrogen (secondary N) is 2. The molecule has 0 spiro atoms. The maximum Gasteiger partial charge on any atom is 0.224 e. The lowest BCUT2D eigenvalue weighted by atomic mass is 10.1. The molecule has 0 aromatic heterocycles. The van der Waals surface area contributed by atoms with Crippen molar-refractivity contribution in [1.82, 2.24) is 10.6 Å². The van der Waals surface area contributed by atoms with Crippen LogP contribution >= 0.6 is 12.4 Å². The van der Waals surface area contributed by atoms with Crippen LogP contribution in [0.15, 0.2) is 18.2 Å². The van der Waals surface area contributed by atoms with Crippen molar-refractivity contribution >= 4 is 18.3 Å². The molecule has 2 rings (SSSR count). The van der Waals surface area contributed by atoms with Crippen LogP contribution in [0.4, 0.5) is 8.78 Å². The molecule has 3 nitrogen and oxygen atoms in total. The second-order valence-corrected chi connectivity index (χ2v) is 4.43. The molecule has 2 N–H and O–H groups in total. The van der Waals surface area contributed by atoms with E-state index in [1.807, 2.05) is 0 Å². The van der Waals surface area contributed by atoms with Gasteiger partial charge in [-0.3, -0.25) is 4.79 Å². The summed E-state index contributed by atoms with van der Waals surface area (Å²) in [5.74, 6) is -1.19. The highest BCUT2D eigenvalue weighted by Gasteiger charge is 2.21. The predicted octanol–water partition coefficient (Wildman–Crippen LogP) is 1.65. The lowest BCUT2D eigenvalue weighted by molar-refractivity contribution is -0.124. The number of rotatable bonds is 4. The summed E-state index contributed by atoms with van der Waals surface area (Å²) in [6.07, 6.45) is 0.990. The summed E-state index contributed by atoms with van der Waals surface area (Å²) in [4.78, 5) is 11.7. The first-order chi connectivity index (χ1) is 8.68. The largest absolute Gasteiger partial charge is 0.355 e. The quantitative estimate of drug-likeness (QED) is 0.885. The van der Waals surface area contributed by atoms with Gasteiger partial charge in [0.05, 0.1) is 5.92 Å². The third kappa shape index (κ3) is 4.14. The van der Waals surface area contributed by atoms with Gasteiger partial charge in [-0.1, -0.05) is 6.07 Å². The van der Waals surface area contributed by atoms with Gasteiger partial charge in [-0.05, 0) is 31.5 Å². The van der Waals surface area contributed by atoms with E-state index in [0.717, 1.165) is 13.0 Å². The molecule has 0 saturated carbocycles. The van der Waals surface area contributed by atoms with Crippen LogP contribution in [0.3, 0.4) is 0 Å².